The maximum absolute atomic E-state index is 11.1. The number of hydrogen-bond acceptors (Lipinski definition) is 3. The predicted octanol–water partition coefficient (Wildman–Crippen LogP) is 0.563. The zero-order valence-corrected chi connectivity index (χ0v) is 8.36. The first-order valence-electron chi connectivity index (χ1n) is 4.27. The van der Waals surface area contributed by atoms with Gasteiger partial charge in [0.15, 0.2) is 0 Å². The monoisotopic (exact) mass is 203 g/mol. The molecule has 0 radical (unpaired) electrons. The molecular formula is C8H13NO3S. The van der Waals surface area contributed by atoms with E-state index < -0.39 is 15.9 Å². The van der Waals surface area contributed by atoms with Crippen molar-refractivity contribution in [1.29, 1.82) is 0 Å². The molecule has 0 spiro atoms. The van der Waals surface area contributed by atoms with Crippen LogP contribution in [0, 0.1) is 0 Å². The maximum atomic E-state index is 11.1. The minimum Gasteiger partial charge on any atom is -0.269 e. The molecule has 1 N–H and O–H groups in total. The molecule has 1 fully saturated rings. The summed E-state index contributed by atoms with van der Waals surface area (Å²) in [5, 5.41) is 0. The van der Waals surface area contributed by atoms with Gasteiger partial charge in [0.25, 0.3) is 5.91 Å². The van der Waals surface area contributed by atoms with E-state index in [1.807, 2.05) is 4.72 Å². The first-order chi connectivity index (χ1) is 6.03. The fourth-order valence-corrected chi connectivity index (χ4v) is 1.48. The van der Waals surface area contributed by atoms with Crippen molar-refractivity contribution >= 4 is 15.9 Å². The van der Waals surface area contributed by atoms with E-state index in [-0.39, 0.29) is 5.75 Å². The highest BCUT2D eigenvalue weighted by molar-refractivity contribution is 7.90. The van der Waals surface area contributed by atoms with Crippen molar-refractivity contribution in [2.75, 3.05) is 5.75 Å². The summed E-state index contributed by atoms with van der Waals surface area (Å²) in [5.74, 6) is -0.585. The lowest BCUT2D eigenvalue weighted by atomic mass is 9.92. The van der Waals surface area contributed by atoms with Gasteiger partial charge in [0.05, 0.1) is 5.75 Å². The van der Waals surface area contributed by atoms with Crippen molar-refractivity contribution in [3.63, 3.8) is 0 Å². The van der Waals surface area contributed by atoms with Crippen LogP contribution >= 0.6 is 0 Å². The Morgan fingerprint density at radius 1 is 1.54 bits per heavy atom. The Labute approximate surface area is 78.1 Å². The van der Waals surface area contributed by atoms with Gasteiger partial charge in [-0.05, 0) is 26.2 Å². The molecule has 0 aromatic heterocycles. The molecule has 1 rings (SSSR count). The van der Waals surface area contributed by atoms with Crippen molar-refractivity contribution in [3.05, 3.63) is 11.6 Å². The average molecular weight is 203 g/mol. The third kappa shape index (κ3) is 3.18. The topological polar surface area (TPSA) is 63.2 Å². The summed E-state index contributed by atoms with van der Waals surface area (Å²) in [6.45, 7) is 1.49. The fraction of sp³-hybridized carbons (Fsp3) is 0.625. The number of carbonyl (C=O) groups is 1. The third-order valence-corrected chi connectivity index (χ3v) is 3.24. The molecule has 0 atom stereocenters. The molecule has 74 valence electrons. The van der Waals surface area contributed by atoms with Crippen LogP contribution in [0.15, 0.2) is 11.6 Å². The van der Waals surface area contributed by atoms with Crippen LogP contribution in [0.3, 0.4) is 0 Å². The zero-order valence-electron chi connectivity index (χ0n) is 7.54. The van der Waals surface area contributed by atoms with Gasteiger partial charge in [-0.25, -0.2) is 13.1 Å². The normalized spacial score (nSPS) is 16.2. The molecular weight excluding hydrogens is 190 g/mol. The minimum atomic E-state index is -3.39. The lowest BCUT2D eigenvalue weighted by molar-refractivity contribution is -0.114. The van der Waals surface area contributed by atoms with Crippen molar-refractivity contribution in [1.82, 2.24) is 4.72 Å². The van der Waals surface area contributed by atoms with Crippen LogP contribution in [0.1, 0.15) is 26.2 Å². The second kappa shape index (κ2) is 3.91. The SMILES string of the molecule is CCS(=O)(=O)NC(=O)C=C1CCC1. The fourth-order valence-electron chi connectivity index (χ4n) is 0.966. The predicted molar refractivity (Wildman–Crippen MR) is 49.5 cm³/mol. The van der Waals surface area contributed by atoms with Crippen LogP contribution < -0.4 is 4.72 Å². The second-order valence-electron chi connectivity index (χ2n) is 3.03. The lowest BCUT2D eigenvalue weighted by Gasteiger charge is -2.15. The van der Waals surface area contributed by atoms with E-state index in [0.29, 0.717) is 0 Å². The van der Waals surface area contributed by atoms with Gasteiger partial charge in [0.2, 0.25) is 10.0 Å². The van der Waals surface area contributed by atoms with Crippen LogP contribution in [0.4, 0.5) is 0 Å². The second-order valence-corrected chi connectivity index (χ2v) is 5.04. The first-order valence-corrected chi connectivity index (χ1v) is 5.92. The molecule has 4 nitrogen and oxygen atoms in total. The molecule has 0 aliphatic heterocycles. The number of nitrogens with one attached hydrogen (secondary N) is 1. The van der Waals surface area contributed by atoms with Crippen molar-refractivity contribution in [2.24, 2.45) is 0 Å². The van der Waals surface area contributed by atoms with E-state index in [2.05, 4.69) is 0 Å². The highest BCUT2D eigenvalue weighted by atomic mass is 32.2. The van der Waals surface area contributed by atoms with Gasteiger partial charge in [0.1, 0.15) is 0 Å². The Hall–Kier alpha value is -0.840. The summed E-state index contributed by atoms with van der Waals surface area (Å²) in [4.78, 5) is 11.1. The largest absolute Gasteiger partial charge is 0.269 e. The van der Waals surface area contributed by atoms with E-state index >= 15 is 0 Å². The Morgan fingerprint density at radius 2 is 2.15 bits per heavy atom. The number of hydrogen-bond donors (Lipinski definition) is 1. The van der Waals surface area contributed by atoms with Crippen LogP contribution in [-0.2, 0) is 14.8 Å². The summed E-state index contributed by atoms with van der Waals surface area (Å²) in [6.07, 6.45) is 4.32. The van der Waals surface area contributed by atoms with Gasteiger partial charge in [-0.2, -0.15) is 0 Å². The van der Waals surface area contributed by atoms with Crippen LogP contribution in [0.25, 0.3) is 0 Å². The smallest absolute Gasteiger partial charge is 0.257 e. The minimum absolute atomic E-state index is 0.0675. The van der Waals surface area contributed by atoms with Crippen LogP contribution in [0.5, 0.6) is 0 Å². The molecule has 0 saturated heterocycles. The van der Waals surface area contributed by atoms with Gasteiger partial charge in [-0.1, -0.05) is 5.57 Å². The third-order valence-electron chi connectivity index (χ3n) is 1.97. The Kier molecular flexibility index (Phi) is 3.08. The highest BCUT2D eigenvalue weighted by Gasteiger charge is 2.13. The number of allylic oxidation sites excluding steroid dienone is 1. The summed E-state index contributed by atoms with van der Waals surface area (Å²) in [6, 6.07) is 0. The number of sulfonamides is 1. The molecule has 1 aliphatic rings. The van der Waals surface area contributed by atoms with Crippen molar-refractivity contribution in [3.8, 4) is 0 Å². The summed E-state index contributed by atoms with van der Waals surface area (Å²) in [5.41, 5.74) is 1.03. The van der Waals surface area contributed by atoms with Gasteiger partial charge in [-0.15, -0.1) is 0 Å². The number of carbonyl (C=O) groups excluding carboxylic acids is 1. The molecule has 0 bridgehead atoms. The molecule has 1 amide bonds. The molecule has 0 unspecified atom stereocenters. The summed E-state index contributed by atoms with van der Waals surface area (Å²) in [7, 11) is -3.39. The van der Waals surface area contributed by atoms with E-state index in [0.717, 1.165) is 24.8 Å². The molecule has 0 aromatic carbocycles. The average Bonchev–Trinajstić information content (AvgIpc) is 1.96. The highest BCUT2D eigenvalue weighted by Crippen LogP contribution is 2.24. The maximum Gasteiger partial charge on any atom is 0.257 e. The van der Waals surface area contributed by atoms with E-state index in [1.165, 1.54) is 13.0 Å². The zero-order chi connectivity index (χ0) is 9.90. The van der Waals surface area contributed by atoms with E-state index in [1.54, 1.807) is 0 Å². The van der Waals surface area contributed by atoms with Gasteiger partial charge < -0.3 is 0 Å². The van der Waals surface area contributed by atoms with E-state index in [9.17, 15) is 13.2 Å². The molecule has 0 heterocycles. The van der Waals surface area contributed by atoms with Crippen LogP contribution in [0.2, 0.25) is 0 Å². The summed E-state index contributed by atoms with van der Waals surface area (Å²) < 4.78 is 23.8. The standard InChI is InChI=1S/C8H13NO3S/c1-2-13(11,12)9-8(10)6-7-4-3-5-7/h6H,2-5H2,1H3,(H,9,10). The van der Waals surface area contributed by atoms with E-state index in [4.69, 9.17) is 0 Å². The lowest BCUT2D eigenvalue weighted by Crippen LogP contribution is -2.30. The molecule has 13 heavy (non-hydrogen) atoms. The molecule has 0 aromatic rings. The quantitative estimate of drug-likeness (QED) is 0.682. The summed E-state index contributed by atoms with van der Waals surface area (Å²) >= 11 is 0. The van der Waals surface area contributed by atoms with Crippen molar-refractivity contribution < 1.29 is 13.2 Å². The van der Waals surface area contributed by atoms with Crippen LogP contribution in [-0.4, -0.2) is 20.1 Å². The Balaban J connectivity index is 2.50. The molecule has 5 heteroatoms. The van der Waals surface area contributed by atoms with Gasteiger partial charge in [0, 0.05) is 6.08 Å². The van der Waals surface area contributed by atoms with Gasteiger partial charge in [-0.3, -0.25) is 4.79 Å². The number of rotatable bonds is 3. The Morgan fingerprint density at radius 3 is 2.54 bits per heavy atom. The molecule has 1 aliphatic carbocycles. The van der Waals surface area contributed by atoms with Crippen molar-refractivity contribution in [2.45, 2.75) is 26.2 Å². The molecule has 1 saturated carbocycles. The van der Waals surface area contributed by atoms with Gasteiger partial charge >= 0.3 is 0 Å². The number of amides is 1. The first kappa shape index (κ1) is 10.2. The Bertz CT molecular complexity index is 323.